The molecule has 54 heavy (non-hydrogen) atoms. The summed E-state index contributed by atoms with van der Waals surface area (Å²) in [6, 6.07) is 32.1. The molecular weight excluding hydrogens is 826 g/mol. The molecule has 0 radical (unpaired) electrons. The molecule has 1 aliphatic rings. The van der Waals surface area contributed by atoms with Gasteiger partial charge in [0.25, 0.3) is 0 Å². The average molecular weight is 872 g/mol. The van der Waals surface area contributed by atoms with Crippen LogP contribution in [-0.2, 0) is 31.4 Å². The first-order valence-electron chi connectivity index (χ1n) is 16.8. The average Bonchev–Trinajstić information content (AvgIpc) is 3.69. The number of carbonyl (C=O) groups is 2. The Bertz CT molecular complexity index is 2050. The Balaban J connectivity index is 0.000000386. The van der Waals surface area contributed by atoms with E-state index < -0.39 is 35.7 Å². The van der Waals surface area contributed by atoms with Crippen molar-refractivity contribution < 1.29 is 64.5 Å². The second-order valence-corrected chi connectivity index (χ2v) is 15.2. The molecule has 0 amide bonds. The van der Waals surface area contributed by atoms with Gasteiger partial charge < -0.3 is 31.1 Å². The van der Waals surface area contributed by atoms with E-state index in [-0.39, 0.29) is 31.0 Å². The topological polar surface area (TPSA) is 156 Å². The Labute approximate surface area is 358 Å². The molecular formula is C41H46BBr2N2NaO7. The summed E-state index contributed by atoms with van der Waals surface area (Å²) in [6.45, 7) is 13.5. The van der Waals surface area contributed by atoms with Crippen LogP contribution in [0.1, 0.15) is 81.5 Å². The van der Waals surface area contributed by atoms with Gasteiger partial charge in [-0.05, 0) is 106 Å². The fraction of sp³-hybridized carbons (Fsp3) is 0.293. The summed E-state index contributed by atoms with van der Waals surface area (Å²) < 4.78 is 18.0. The zero-order valence-corrected chi connectivity index (χ0v) is 37.1. The van der Waals surface area contributed by atoms with Gasteiger partial charge in [0.2, 0.25) is 5.76 Å². The van der Waals surface area contributed by atoms with Crippen LogP contribution in [0, 0.1) is 18.3 Å². The van der Waals surface area contributed by atoms with E-state index in [0.717, 1.165) is 37.2 Å². The summed E-state index contributed by atoms with van der Waals surface area (Å²) in [7, 11) is -0.473. The van der Waals surface area contributed by atoms with Crippen LogP contribution in [0.3, 0.4) is 0 Å². The summed E-state index contributed by atoms with van der Waals surface area (Å²) in [4.78, 5) is 22.4. The van der Waals surface area contributed by atoms with Gasteiger partial charge in [0.15, 0.2) is 0 Å². The first-order valence-corrected chi connectivity index (χ1v) is 18.7. The predicted molar refractivity (Wildman–Crippen MR) is 218 cm³/mol. The van der Waals surface area contributed by atoms with E-state index in [1.807, 2.05) is 113 Å². The molecule has 0 unspecified atom stereocenters. The van der Waals surface area contributed by atoms with Gasteiger partial charge >= 0.3 is 48.6 Å². The summed E-state index contributed by atoms with van der Waals surface area (Å²) in [5.41, 5.74) is 7.55. The fourth-order valence-electron chi connectivity index (χ4n) is 4.96. The summed E-state index contributed by atoms with van der Waals surface area (Å²) in [6.07, 6.45) is 0. The molecule has 6 rings (SSSR count). The molecule has 13 heteroatoms. The number of halogens is 2. The van der Waals surface area contributed by atoms with Gasteiger partial charge in [-0.2, -0.15) is 5.26 Å². The normalized spacial score (nSPS) is 13.8. The third kappa shape index (κ3) is 12.4. The summed E-state index contributed by atoms with van der Waals surface area (Å²) >= 11 is 6.73. The van der Waals surface area contributed by atoms with E-state index in [9.17, 15) is 14.7 Å². The number of furan rings is 1. The zero-order valence-electron chi connectivity index (χ0n) is 32.9. The first-order chi connectivity index (χ1) is 24.9. The largest absolute Gasteiger partial charge is 1.00 e. The second kappa shape index (κ2) is 20.6. The number of fused-ring (bicyclic) bond motifs is 1. The number of hydrogen-bond donors (Lipinski definition) is 3. The van der Waals surface area contributed by atoms with Gasteiger partial charge in [0.05, 0.1) is 28.7 Å². The number of nitrogens with two attached hydrogens (primary N) is 1. The van der Waals surface area contributed by atoms with Crippen LogP contribution in [0.25, 0.3) is 10.8 Å². The number of hydrogen-bond acceptors (Lipinski definition) is 7. The standard InChI is InChI=1S/C16H23BO4.C12H10O2.C7H6Br2.C6H6N2O.Na.H/c1-14(2,13(18)19)11-8-7-9-12(10-11)17-20-15(3,4)16(5,6)21-17;1-8-6-7-9-4-2-3-5-10(9)11(8)12(13)14;8-5-6-1-3-7(9)4-2-6;7-3-5-1-2-6(4-8)9-5;;/h7-10H,1-6H3,(H,18,19);2-7H,1H3,(H,13,14);1-4H,5H2;1-2H,3,7H2;;/q;;;;+1;-1. The summed E-state index contributed by atoms with van der Waals surface area (Å²) in [5.74, 6) is -0.755. The Hall–Kier alpha value is -3.25. The van der Waals surface area contributed by atoms with Crippen molar-refractivity contribution in [1.82, 2.24) is 0 Å². The molecule has 0 atom stereocenters. The first kappa shape index (κ1) is 46.9. The number of aryl methyl sites for hydroxylation is 1. The molecule has 1 aliphatic heterocycles. The zero-order chi connectivity index (χ0) is 39.6. The van der Waals surface area contributed by atoms with E-state index in [1.54, 1.807) is 26.0 Å². The Morgan fingerprint density at radius 2 is 1.52 bits per heavy atom. The minimum absolute atomic E-state index is 0. The van der Waals surface area contributed by atoms with Crippen LogP contribution in [0.4, 0.5) is 0 Å². The van der Waals surface area contributed by atoms with Crippen molar-refractivity contribution in [1.29, 1.82) is 5.26 Å². The van der Waals surface area contributed by atoms with Crippen LogP contribution in [0.2, 0.25) is 0 Å². The maximum atomic E-state index is 11.4. The van der Waals surface area contributed by atoms with Gasteiger partial charge in [-0.25, -0.2) is 4.79 Å². The van der Waals surface area contributed by atoms with E-state index >= 15 is 0 Å². The molecule has 0 aliphatic carbocycles. The number of benzene rings is 4. The maximum absolute atomic E-state index is 11.4. The van der Waals surface area contributed by atoms with Crippen LogP contribution in [-0.4, -0.2) is 40.5 Å². The molecule has 4 aromatic carbocycles. The van der Waals surface area contributed by atoms with Crippen LogP contribution in [0.15, 0.2) is 106 Å². The molecule has 0 spiro atoms. The van der Waals surface area contributed by atoms with Crippen molar-refractivity contribution in [3.63, 3.8) is 0 Å². The molecule has 0 bridgehead atoms. The third-order valence-corrected chi connectivity index (χ3v) is 10.2. The number of aliphatic carboxylic acids is 1. The van der Waals surface area contributed by atoms with Gasteiger partial charge in [-0.1, -0.05) is 105 Å². The van der Waals surface area contributed by atoms with Crippen molar-refractivity contribution in [3.8, 4) is 6.07 Å². The van der Waals surface area contributed by atoms with Crippen molar-refractivity contribution in [2.45, 2.75) is 77.0 Å². The Morgan fingerprint density at radius 1 is 0.907 bits per heavy atom. The molecule has 5 aromatic rings. The number of rotatable bonds is 6. The maximum Gasteiger partial charge on any atom is 1.00 e. The predicted octanol–water partition coefficient (Wildman–Crippen LogP) is 6.26. The monoisotopic (exact) mass is 870 g/mol. The minimum Gasteiger partial charge on any atom is -1.00 e. The SMILES string of the molecule is BrCc1ccc(Br)cc1.CC(C)(C(=O)O)c1cccc(B2OC(C)(C)C(C)(C)O2)c1.Cc1ccc2ccccc2c1C(=O)O.N#Cc1ccc(CN)o1.[H-].[Na+]. The number of carboxylic acid groups (broad SMARTS) is 2. The van der Waals surface area contributed by atoms with Crippen LogP contribution >= 0.6 is 31.9 Å². The van der Waals surface area contributed by atoms with Crippen molar-refractivity contribution >= 4 is 67.2 Å². The van der Waals surface area contributed by atoms with Gasteiger partial charge in [0, 0.05) is 9.80 Å². The molecule has 9 nitrogen and oxygen atoms in total. The Morgan fingerprint density at radius 3 is 2.02 bits per heavy atom. The smallest absolute Gasteiger partial charge is 1.00 e. The molecule has 4 N–H and O–H groups in total. The number of carboxylic acids is 2. The summed E-state index contributed by atoms with van der Waals surface area (Å²) in [5, 5.41) is 29.4. The molecule has 0 saturated carbocycles. The second-order valence-electron chi connectivity index (χ2n) is 13.8. The van der Waals surface area contributed by atoms with E-state index in [1.165, 1.54) is 5.56 Å². The van der Waals surface area contributed by atoms with Crippen LogP contribution in [0.5, 0.6) is 0 Å². The fourth-order valence-corrected chi connectivity index (χ4v) is 5.60. The van der Waals surface area contributed by atoms with E-state index in [2.05, 4.69) is 44.0 Å². The van der Waals surface area contributed by atoms with Crippen molar-refractivity contribution in [3.05, 3.63) is 135 Å². The van der Waals surface area contributed by atoms with Crippen molar-refractivity contribution in [2.75, 3.05) is 0 Å². The van der Waals surface area contributed by atoms with Gasteiger partial charge in [-0.15, -0.1) is 0 Å². The van der Waals surface area contributed by atoms with E-state index in [0.29, 0.717) is 23.6 Å². The third-order valence-electron chi connectivity index (χ3n) is 9.06. The van der Waals surface area contributed by atoms with Gasteiger partial charge in [0.1, 0.15) is 11.8 Å². The molecule has 2 heterocycles. The van der Waals surface area contributed by atoms with E-state index in [4.69, 9.17) is 29.8 Å². The Kier molecular flexibility index (Phi) is 17.9. The van der Waals surface area contributed by atoms with Crippen LogP contribution < -0.4 is 40.8 Å². The minimum atomic E-state index is -0.945. The van der Waals surface area contributed by atoms with Gasteiger partial charge in [-0.3, -0.25) is 4.79 Å². The molecule has 1 aromatic heterocycles. The number of alkyl halides is 1. The number of nitrogens with zero attached hydrogens (tertiary/aromatic N) is 1. The molecule has 280 valence electrons. The quantitative estimate of drug-likeness (QED) is 0.132. The van der Waals surface area contributed by atoms with Crippen molar-refractivity contribution in [2.24, 2.45) is 5.73 Å². The molecule has 1 fully saturated rings. The molecule has 1 saturated heterocycles. The number of aromatic carboxylic acids is 1. The number of nitriles is 1.